The van der Waals surface area contributed by atoms with Crippen LogP contribution in [-0.4, -0.2) is 46.0 Å². The summed E-state index contributed by atoms with van der Waals surface area (Å²) in [5, 5.41) is 86.2. The maximum Gasteiger partial charge on any atom is 0.238 e. The Morgan fingerprint density at radius 2 is 1.07 bits per heavy atom. The van der Waals surface area contributed by atoms with Crippen LogP contribution in [0.15, 0.2) is 85.2 Å². The lowest BCUT2D eigenvalue weighted by Crippen LogP contribution is -2.03. The lowest BCUT2D eigenvalue weighted by atomic mass is 10.1. The molecular formula is C30H20O13. The van der Waals surface area contributed by atoms with Gasteiger partial charge in [-0.05, 0) is 42.5 Å². The molecule has 0 aliphatic heterocycles. The Balaban J connectivity index is 0.000000171. The molecule has 0 saturated carbocycles. The van der Waals surface area contributed by atoms with Crippen LogP contribution in [0.4, 0.5) is 0 Å². The molecule has 0 amide bonds. The van der Waals surface area contributed by atoms with E-state index in [0.717, 1.165) is 24.3 Å². The zero-order chi connectivity index (χ0) is 31.2. The molecule has 0 unspecified atom stereocenters. The number of hydrogen-bond donors (Lipinski definition) is 9. The van der Waals surface area contributed by atoms with Crippen LogP contribution in [0.3, 0.4) is 0 Å². The largest absolute Gasteiger partial charge is 0.508 e. The molecule has 0 fully saturated rings. The van der Waals surface area contributed by atoms with E-state index >= 15 is 0 Å². The lowest BCUT2D eigenvalue weighted by molar-refractivity contribution is 0.403. The van der Waals surface area contributed by atoms with Gasteiger partial charge in [0.05, 0.1) is 10.9 Å². The number of benzene rings is 4. The molecule has 0 aliphatic rings. The van der Waals surface area contributed by atoms with E-state index in [1.165, 1.54) is 42.5 Å². The minimum atomic E-state index is -0.916. The number of phenolic OH excluding ortho intramolecular Hbond substituents is 7. The fraction of sp³-hybridized carbons (Fsp3) is 0. The molecule has 6 rings (SSSR count). The fourth-order valence-corrected chi connectivity index (χ4v) is 4.20. The van der Waals surface area contributed by atoms with Crippen molar-refractivity contribution in [2.24, 2.45) is 0 Å². The van der Waals surface area contributed by atoms with Gasteiger partial charge in [0, 0.05) is 29.8 Å². The second kappa shape index (κ2) is 10.5. The third kappa shape index (κ3) is 5.09. The predicted octanol–water partition coefficient (Wildman–Crippen LogP) is 4.27. The van der Waals surface area contributed by atoms with E-state index in [4.69, 9.17) is 8.83 Å². The van der Waals surface area contributed by atoms with Crippen molar-refractivity contribution in [2.45, 2.75) is 0 Å². The van der Waals surface area contributed by atoms with Gasteiger partial charge in [-0.1, -0.05) is 0 Å². The van der Waals surface area contributed by atoms with Crippen molar-refractivity contribution in [1.29, 1.82) is 0 Å². The number of fused-ring (bicyclic) bond motifs is 2. The van der Waals surface area contributed by atoms with E-state index in [1.807, 2.05) is 0 Å². The Hall–Kier alpha value is -6.50. The van der Waals surface area contributed by atoms with Crippen LogP contribution in [-0.2, 0) is 0 Å². The monoisotopic (exact) mass is 588 g/mol. The van der Waals surface area contributed by atoms with Gasteiger partial charge in [0.15, 0.2) is 23.0 Å². The molecule has 2 aromatic heterocycles. The van der Waals surface area contributed by atoms with Crippen molar-refractivity contribution < 1.29 is 54.8 Å². The lowest BCUT2D eigenvalue weighted by Gasteiger charge is -2.09. The van der Waals surface area contributed by atoms with Crippen molar-refractivity contribution in [3.05, 3.63) is 87.2 Å². The van der Waals surface area contributed by atoms with Crippen LogP contribution in [0.5, 0.6) is 51.7 Å². The summed E-state index contributed by atoms with van der Waals surface area (Å²) in [6.45, 7) is 0. The summed E-state index contributed by atoms with van der Waals surface area (Å²) in [4.78, 5) is 24.2. The first kappa shape index (κ1) is 28.0. The molecule has 13 nitrogen and oxygen atoms in total. The summed E-state index contributed by atoms with van der Waals surface area (Å²) in [6, 6.07) is 13.2. The highest BCUT2D eigenvalue weighted by atomic mass is 16.4. The molecule has 0 bridgehead atoms. The van der Waals surface area contributed by atoms with Crippen LogP contribution in [0, 0.1) is 0 Å². The maximum absolute atomic E-state index is 12.2. The van der Waals surface area contributed by atoms with Gasteiger partial charge in [-0.25, -0.2) is 0 Å². The molecule has 0 aliphatic carbocycles. The zero-order valence-electron chi connectivity index (χ0n) is 21.5. The number of rotatable bonds is 2. The van der Waals surface area contributed by atoms with Crippen molar-refractivity contribution in [2.75, 3.05) is 0 Å². The summed E-state index contributed by atoms with van der Waals surface area (Å²) >= 11 is 0. The predicted molar refractivity (Wildman–Crippen MR) is 151 cm³/mol. The highest BCUT2D eigenvalue weighted by Gasteiger charge is 2.21. The van der Waals surface area contributed by atoms with Gasteiger partial charge in [0.1, 0.15) is 45.3 Å². The Labute approximate surface area is 238 Å². The quantitative estimate of drug-likeness (QED) is 0.128. The van der Waals surface area contributed by atoms with Gasteiger partial charge >= 0.3 is 0 Å². The van der Waals surface area contributed by atoms with E-state index < -0.39 is 39.6 Å². The minimum absolute atomic E-state index is 0.0304. The first-order valence-electron chi connectivity index (χ1n) is 12.1. The fourth-order valence-electron chi connectivity index (χ4n) is 4.20. The molecule has 0 saturated heterocycles. The zero-order valence-corrected chi connectivity index (χ0v) is 21.5. The van der Waals surface area contributed by atoms with Crippen molar-refractivity contribution in [3.63, 3.8) is 0 Å². The van der Waals surface area contributed by atoms with Crippen molar-refractivity contribution in [3.8, 4) is 74.4 Å². The van der Waals surface area contributed by atoms with Crippen molar-refractivity contribution >= 4 is 21.9 Å². The molecule has 43 heavy (non-hydrogen) atoms. The molecule has 13 heteroatoms. The highest BCUT2D eigenvalue weighted by Crippen LogP contribution is 2.39. The SMILES string of the molecule is O=c1c(O)c(-c2ccc(O)c(O)c2)oc2cc(O)ccc12.O=c1c(O)c(-c2ccc(O)cc2O)oc2cc(O)cc(O)c12. The normalized spacial score (nSPS) is 10.9. The summed E-state index contributed by atoms with van der Waals surface area (Å²) in [5.74, 6) is -4.26. The molecule has 0 spiro atoms. The summed E-state index contributed by atoms with van der Waals surface area (Å²) in [7, 11) is 0. The van der Waals surface area contributed by atoms with Gasteiger partial charge in [-0.2, -0.15) is 0 Å². The van der Waals surface area contributed by atoms with Crippen LogP contribution < -0.4 is 10.9 Å². The number of aromatic hydroxyl groups is 9. The van der Waals surface area contributed by atoms with E-state index in [9.17, 15) is 55.5 Å². The molecular weight excluding hydrogens is 568 g/mol. The minimum Gasteiger partial charge on any atom is -0.508 e. The van der Waals surface area contributed by atoms with Gasteiger partial charge in [-0.3, -0.25) is 9.59 Å². The molecule has 0 radical (unpaired) electrons. The van der Waals surface area contributed by atoms with Gasteiger partial charge in [0.2, 0.25) is 22.4 Å². The second-order valence-corrected chi connectivity index (χ2v) is 9.14. The van der Waals surface area contributed by atoms with Gasteiger partial charge in [0.25, 0.3) is 0 Å². The molecule has 0 atom stereocenters. The van der Waals surface area contributed by atoms with E-state index in [-0.39, 0.29) is 67.6 Å². The third-order valence-corrected chi connectivity index (χ3v) is 6.25. The summed E-state index contributed by atoms with van der Waals surface area (Å²) in [6.07, 6.45) is 0. The van der Waals surface area contributed by atoms with Gasteiger partial charge < -0.3 is 54.8 Å². The topological polar surface area (TPSA) is 242 Å². The first-order chi connectivity index (χ1) is 20.3. The second-order valence-electron chi connectivity index (χ2n) is 9.14. The Bertz CT molecular complexity index is 2180. The summed E-state index contributed by atoms with van der Waals surface area (Å²) < 4.78 is 10.8. The molecule has 4 aromatic carbocycles. The highest BCUT2D eigenvalue weighted by molar-refractivity contribution is 5.89. The smallest absolute Gasteiger partial charge is 0.238 e. The number of hydrogen-bond acceptors (Lipinski definition) is 13. The van der Waals surface area contributed by atoms with E-state index in [1.54, 1.807) is 0 Å². The van der Waals surface area contributed by atoms with Gasteiger partial charge in [-0.15, -0.1) is 0 Å². The van der Waals surface area contributed by atoms with Crippen LogP contribution in [0.25, 0.3) is 44.6 Å². The van der Waals surface area contributed by atoms with Crippen LogP contribution in [0.1, 0.15) is 0 Å². The average Bonchev–Trinajstić information content (AvgIpc) is 2.94. The van der Waals surface area contributed by atoms with Crippen LogP contribution in [0.2, 0.25) is 0 Å². The molecule has 9 N–H and O–H groups in total. The third-order valence-electron chi connectivity index (χ3n) is 6.25. The molecule has 6 aromatic rings. The first-order valence-corrected chi connectivity index (χ1v) is 12.1. The maximum atomic E-state index is 12.2. The number of phenols is 7. The summed E-state index contributed by atoms with van der Waals surface area (Å²) in [5.41, 5.74) is -1.45. The van der Waals surface area contributed by atoms with Crippen LogP contribution >= 0.6 is 0 Å². The average molecular weight is 588 g/mol. The molecule has 2 heterocycles. The van der Waals surface area contributed by atoms with Crippen molar-refractivity contribution in [1.82, 2.24) is 0 Å². The van der Waals surface area contributed by atoms with E-state index in [2.05, 4.69) is 0 Å². The Morgan fingerprint density at radius 1 is 0.465 bits per heavy atom. The van der Waals surface area contributed by atoms with E-state index in [0.29, 0.717) is 0 Å². The Morgan fingerprint density at radius 3 is 1.77 bits per heavy atom. The Kier molecular flexibility index (Phi) is 6.83. The standard InChI is InChI=1S/C15H10O7.C15H10O6/c16-6-1-2-8(9(18)3-6)15-14(21)13(20)12-10(19)4-7(17)5-11(12)22-15;16-8-2-3-9-12(6-8)21-15(14(20)13(9)19)7-1-4-10(17)11(18)5-7/h1-5,16-19,21H;1-6,16-18,20H. The molecule has 218 valence electrons.